The lowest BCUT2D eigenvalue weighted by Crippen LogP contribution is -2.15. The molecule has 0 amide bonds. The van der Waals surface area contributed by atoms with Crippen LogP contribution in [0.3, 0.4) is 0 Å². The second kappa shape index (κ2) is 8.37. The van der Waals surface area contributed by atoms with E-state index in [0.29, 0.717) is 12.0 Å². The van der Waals surface area contributed by atoms with E-state index in [4.69, 9.17) is 5.73 Å². The van der Waals surface area contributed by atoms with E-state index in [1.165, 1.54) is 6.07 Å². The van der Waals surface area contributed by atoms with Crippen molar-refractivity contribution in [3.8, 4) is 0 Å². The molecular weight excluding hydrogens is 451 g/mol. The number of alkyl halides is 3. The number of sulfone groups is 1. The molecule has 9 heteroatoms. The highest BCUT2D eigenvalue weighted by Crippen LogP contribution is 2.35. The Morgan fingerprint density at radius 2 is 1.88 bits per heavy atom. The van der Waals surface area contributed by atoms with Crippen LogP contribution in [0.4, 0.5) is 24.5 Å². The number of allylic oxidation sites excluding steroid dienone is 1. The van der Waals surface area contributed by atoms with Gasteiger partial charge in [0.2, 0.25) is 0 Å². The lowest BCUT2D eigenvalue weighted by Gasteiger charge is -2.20. The van der Waals surface area contributed by atoms with Crippen LogP contribution in [-0.4, -0.2) is 24.9 Å². The number of nitrogen functional groups attached to an aromatic ring is 1. The van der Waals surface area contributed by atoms with Gasteiger partial charge in [-0.15, -0.1) is 0 Å². The number of aromatic nitrogens is 1. The Morgan fingerprint density at radius 3 is 2.55 bits per heavy atom. The van der Waals surface area contributed by atoms with Crippen molar-refractivity contribution in [3.63, 3.8) is 0 Å². The summed E-state index contributed by atoms with van der Waals surface area (Å²) >= 11 is 0. The molecule has 0 radical (unpaired) electrons. The normalized spacial score (nSPS) is 16.9. The highest BCUT2D eigenvalue weighted by molar-refractivity contribution is 7.91. The number of fused-ring (bicyclic) bond motifs is 1. The smallest absolute Gasteiger partial charge is 0.399 e. The van der Waals surface area contributed by atoms with E-state index in [1.54, 1.807) is 13.0 Å². The van der Waals surface area contributed by atoms with Gasteiger partial charge < -0.3 is 11.1 Å². The highest BCUT2D eigenvalue weighted by Gasteiger charge is 2.31. The van der Waals surface area contributed by atoms with Gasteiger partial charge in [0.1, 0.15) is 0 Å². The van der Waals surface area contributed by atoms with E-state index in [-0.39, 0.29) is 17.2 Å². The number of anilines is 2. The summed E-state index contributed by atoms with van der Waals surface area (Å²) in [7, 11) is -3.04. The molecule has 1 unspecified atom stereocenters. The molecule has 1 aliphatic rings. The number of hydrogen-bond donors (Lipinski definition) is 2. The largest absolute Gasteiger partial charge is 0.416 e. The summed E-state index contributed by atoms with van der Waals surface area (Å²) < 4.78 is 63.2. The first-order valence-corrected chi connectivity index (χ1v) is 12.3. The third kappa shape index (κ3) is 5.13. The number of aryl methyl sites for hydroxylation is 1. The molecule has 3 aromatic rings. The third-order valence-corrected chi connectivity index (χ3v) is 7.25. The first-order valence-electron chi connectivity index (χ1n) is 10.5. The van der Waals surface area contributed by atoms with E-state index >= 15 is 0 Å². The number of nitrogens with one attached hydrogen (secondary N) is 1. The predicted octanol–water partition coefficient (Wildman–Crippen LogP) is 5.52. The van der Waals surface area contributed by atoms with Gasteiger partial charge in [-0.3, -0.25) is 4.98 Å². The molecule has 5 nitrogen and oxygen atoms in total. The molecule has 0 saturated heterocycles. The molecule has 1 aromatic heterocycles. The fourth-order valence-electron chi connectivity index (χ4n) is 4.02. The minimum Gasteiger partial charge on any atom is -0.399 e. The average Bonchev–Trinajstić information content (AvgIpc) is 2.72. The zero-order valence-corrected chi connectivity index (χ0v) is 19.0. The Kier molecular flexibility index (Phi) is 5.86. The van der Waals surface area contributed by atoms with Gasteiger partial charge in [0, 0.05) is 28.5 Å². The molecular formula is C24H24F3N3O2S. The van der Waals surface area contributed by atoms with E-state index in [0.717, 1.165) is 45.6 Å². The summed E-state index contributed by atoms with van der Waals surface area (Å²) in [5, 5.41) is 4.12. The van der Waals surface area contributed by atoms with Crippen molar-refractivity contribution in [1.29, 1.82) is 0 Å². The third-order valence-electron chi connectivity index (χ3n) is 5.75. The maximum absolute atomic E-state index is 13.2. The maximum atomic E-state index is 13.2. The van der Waals surface area contributed by atoms with Crippen LogP contribution >= 0.6 is 0 Å². The predicted molar refractivity (Wildman–Crippen MR) is 126 cm³/mol. The minimum absolute atomic E-state index is 0.0195. The Hall–Kier alpha value is -3.07. The molecule has 0 fully saturated rings. The van der Waals surface area contributed by atoms with Crippen molar-refractivity contribution < 1.29 is 21.6 Å². The van der Waals surface area contributed by atoms with Crippen molar-refractivity contribution in [2.75, 3.05) is 22.6 Å². The second-order valence-corrected chi connectivity index (χ2v) is 10.6. The Balaban J connectivity index is 1.72. The van der Waals surface area contributed by atoms with Crippen molar-refractivity contribution in [1.82, 2.24) is 4.98 Å². The lowest BCUT2D eigenvalue weighted by atomic mass is 9.99. The van der Waals surface area contributed by atoms with Crippen LogP contribution in [0.5, 0.6) is 0 Å². The van der Waals surface area contributed by atoms with Crippen LogP contribution in [0, 0.1) is 6.92 Å². The van der Waals surface area contributed by atoms with Gasteiger partial charge in [0.15, 0.2) is 9.84 Å². The summed E-state index contributed by atoms with van der Waals surface area (Å²) in [4.78, 5) is 4.56. The standard InChI is InChI=1S/C24H24F3N3O2S/c1-14-9-23(30-15(2)18-10-19(24(25,26)27)13-20(28)11-18)21-12-17(3-4-22(21)29-14)16-5-7-33(31,32)8-6-16/h3-5,9-13,15H,6-8,28H2,1-2H3,(H,29,30). The van der Waals surface area contributed by atoms with Gasteiger partial charge in [-0.25, -0.2) is 8.42 Å². The Bertz CT molecular complexity index is 1370. The minimum atomic E-state index is -4.49. The molecule has 0 aliphatic carbocycles. The second-order valence-electron chi connectivity index (χ2n) is 8.39. The molecule has 3 N–H and O–H groups in total. The number of rotatable bonds is 4. The quantitative estimate of drug-likeness (QED) is 0.486. The summed E-state index contributed by atoms with van der Waals surface area (Å²) in [6.07, 6.45) is -2.31. The van der Waals surface area contributed by atoms with Crippen molar-refractivity contribution in [2.24, 2.45) is 0 Å². The molecule has 1 aliphatic heterocycles. The molecule has 2 aromatic carbocycles. The number of halogens is 3. The number of nitrogens with zero attached hydrogens (tertiary/aromatic N) is 1. The van der Waals surface area contributed by atoms with Crippen LogP contribution in [0.15, 0.2) is 48.5 Å². The van der Waals surface area contributed by atoms with Gasteiger partial charge in [-0.05, 0) is 73.4 Å². The van der Waals surface area contributed by atoms with Gasteiger partial charge in [0.05, 0.1) is 22.6 Å². The molecule has 0 bridgehead atoms. The summed E-state index contributed by atoms with van der Waals surface area (Å²) in [6, 6.07) is 10.7. The van der Waals surface area contributed by atoms with Crippen molar-refractivity contribution in [2.45, 2.75) is 32.5 Å². The first-order chi connectivity index (χ1) is 15.4. The monoisotopic (exact) mass is 475 g/mol. The summed E-state index contributed by atoms with van der Waals surface area (Å²) in [5.41, 5.74) is 9.50. The zero-order chi connectivity index (χ0) is 24.0. The average molecular weight is 476 g/mol. The number of nitrogens with two attached hydrogens (primary N) is 1. The van der Waals surface area contributed by atoms with Crippen molar-refractivity contribution in [3.05, 3.63) is 70.9 Å². The van der Waals surface area contributed by atoms with E-state index in [1.807, 2.05) is 31.2 Å². The summed E-state index contributed by atoms with van der Waals surface area (Å²) in [5.74, 6) is 0.133. The topological polar surface area (TPSA) is 85.1 Å². The maximum Gasteiger partial charge on any atom is 0.416 e. The van der Waals surface area contributed by atoms with E-state index in [9.17, 15) is 21.6 Å². The lowest BCUT2D eigenvalue weighted by molar-refractivity contribution is -0.137. The van der Waals surface area contributed by atoms with Gasteiger partial charge >= 0.3 is 6.18 Å². The molecule has 0 spiro atoms. The van der Waals surface area contributed by atoms with Crippen LogP contribution in [0.1, 0.15) is 41.8 Å². The molecule has 4 rings (SSSR count). The summed E-state index contributed by atoms with van der Waals surface area (Å²) in [6.45, 7) is 3.62. The van der Waals surface area contributed by atoms with E-state index in [2.05, 4.69) is 10.3 Å². The van der Waals surface area contributed by atoms with Crippen LogP contribution in [0.2, 0.25) is 0 Å². The molecule has 33 heavy (non-hydrogen) atoms. The highest BCUT2D eigenvalue weighted by atomic mass is 32.2. The molecule has 174 valence electrons. The van der Waals surface area contributed by atoms with Gasteiger partial charge in [-0.1, -0.05) is 12.1 Å². The van der Waals surface area contributed by atoms with Crippen molar-refractivity contribution >= 4 is 37.7 Å². The van der Waals surface area contributed by atoms with Gasteiger partial charge in [0.25, 0.3) is 0 Å². The fourth-order valence-corrected chi connectivity index (χ4v) is 5.18. The number of hydrogen-bond acceptors (Lipinski definition) is 5. The van der Waals surface area contributed by atoms with Gasteiger partial charge in [-0.2, -0.15) is 13.2 Å². The fraction of sp³-hybridized carbons (Fsp3) is 0.292. The number of pyridine rings is 1. The SMILES string of the molecule is Cc1cc(NC(C)c2cc(N)cc(C(F)(F)F)c2)c2cc(C3=CCS(=O)(=O)CC3)ccc2n1. The Morgan fingerprint density at radius 1 is 1.12 bits per heavy atom. The molecule has 2 heterocycles. The van der Waals surface area contributed by atoms with Crippen LogP contribution < -0.4 is 11.1 Å². The van der Waals surface area contributed by atoms with Crippen LogP contribution in [0.25, 0.3) is 16.5 Å². The zero-order valence-electron chi connectivity index (χ0n) is 18.2. The molecule has 1 atom stereocenters. The van der Waals surface area contributed by atoms with Crippen LogP contribution in [-0.2, 0) is 16.0 Å². The Labute approximate surface area is 190 Å². The van der Waals surface area contributed by atoms with E-state index < -0.39 is 27.6 Å². The number of benzene rings is 2. The molecule has 0 saturated carbocycles. The first kappa shape index (κ1) is 23.1.